The molecule has 0 N–H and O–H groups in total. The zero-order valence-electron chi connectivity index (χ0n) is 26.5. The average molecular weight is 714 g/mol. The van der Waals surface area contributed by atoms with Crippen LogP contribution >= 0.6 is 0 Å². The van der Waals surface area contributed by atoms with Crippen LogP contribution < -0.4 is 4.74 Å². The predicted octanol–water partition coefficient (Wildman–Crippen LogP) is 9.88. The van der Waals surface area contributed by atoms with Crippen molar-refractivity contribution in [1.82, 2.24) is 23.9 Å². The van der Waals surface area contributed by atoms with Crippen LogP contribution in [0.2, 0.25) is 0 Å². The standard InChI is InChI=1S/C41H29N5O.Pd/c1-41(2,3)27-16-18-31-33-14-8-21-43-39(33)46(37(31)22-27)28-12-7-13-29(23-28)47-30-17-19-32-34(24-30)40-44-35(26-10-5-4-6-11-26)25-45(40)36-15-9-20-42-38(32)36;/h4-22,25H,1-3H3;/q-2;+2. The molecule has 0 atom stereocenters. The molecular weight excluding hydrogens is 685 g/mol. The minimum absolute atomic E-state index is 0. The number of nitrogens with zero attached hydrogens (tertiary/aromatic N) is 5. The summed E-state index contributed by atoms with van der Waals surface area (Å²) in [5.41, 5.74) is 8.70. The number of benzene rings is 4. The van der Waals surface area contributed by atoms with Gasteiger partial charge in [-0.1, -0.05) is 91.8 Å². The third-order valence-corrected chi connectivity index (χ3v) is 8.83. The molecule has 234 valence electrons. The second-order valence-corrected chi connectivity index (χ2v) is 12.9. The van der Waals surface area contributed by atoms with Crippen LogP contribution in [0.5, 0.6) is 11.5 Å². The zero-order valence-corrected chi connectivity index (χ0v) is 28.1. The Morgan fingerprint density at radius 3 is 2.31 bits per heavy atom. The maximum Gasteiger partial charge on any atom is 2.00 e. The van der Waals surface area contributed by atoms with Crippen LogP contribution in [0.25, 0.3) is 66.3 Å². The molecule has 0 bridgehead atoms. The van der Waals surface area contributed by atoms with Gasteiger partial charge in [-0.05, 0) is 41.3 Å². The molecular formula is C41H29N5OPd. The van der Waals surface area contributed by atoms with E-state index in [1.165, 1.54) is 5.56 Å². The van der Waals surface area contributed by atoms with E-state index in [-0.39, 0.29) is 25.8 Å². The maximum absolute atomic E-state index is 6.48. The molecule has 5 heterocycles. The zero-order chi connectivity index (χ0) is 31.7. The fourth-order valence-electron chi connectivity index (χ4n) is 6.49. The molecule has 0 unspecified atom stereocenters. The molecule has 9 rings (SSSR count). The predicted molar refractivity (Wildman–Crippen MR) is 188 cm³/mol. The van der Waals surface area contributed by atoms with Gasteiger partial charge in [0.05, 0.1) is 27.9 Å². The van der Waals surface area contributed by atoms with Crippen LogP contribution in [-0.2, 0) is 25.8 Å². The first-order chi connectivity index (χ1) is 22.9. The summed E-state index contributed by atoms with van der Waals surface area (Å²) in [5.74, 6) is 1.15. The van der Waals surface area contributed by atoms with Crippen molar-refractivity contribution in [3.05, 3.63) is 139 Å². The molecule has 0 saturated carbocycles. The smallest absolute Gasteiger partial charge is 0.503 e. The summed E-state index contributed by atoms with van der Waals surface area (Å²) in [6.45, 7) is 6.70. The van der Waals surface area contributed by atoms with Gasteiger partial charge >= 0.3 is 20.4 Å². The van der Waals surface area contributed by atoms with E-state index in [1.807, 2.05) is 73.1 Å². The first-order valence-electron chi connectivity index (χ1n) is 15.7. The molecule has 0 aliphatic rings. The number of pyridine rings is 3. The third-order valence-electron chi connectivity index (χ3n) is 8.83. The van der Waals surface area contributed by atoms with E-state index in [4.69, 9.17) is 19.7 Å². The number of rotatable bonds is 4. The van der Waals surface area contributed by atoms with Gasteiger partial charge in [0.15, 0.2) is 0 Å². The summed E-state index contributed by atoms with van der Waals surface area (Å²) in [5, 5.41) is 4.07. The van der Waals surface area contributed by atoms with Crippen LogP contribution in [0.15, 0.2) is 122 Å². The molecule has 5 aromatic heterocycles. The van der Waals surface area contributed by atoms with E-state index in [1.54, 1.807) is 0 Å². The largest absolute Gasteiger partial charge is 2.00 e. The van der Waals surface area contributed by atoms with Gasteiger partial charge in [0.2, 0.25) is 0 Å². The van der Waals surface area contributed by atoms with Crippen LogP contribution in [0.1, 0.15) is 26.3 Å². The fourth-order valence-corrected chi connectivity index (χ4v) is 6.49. The number of imidazole rings is 1. The van der Waals surface area contributed by atoms with E-state index in [9.17, 15) is 0 Å². The summed E-state index contributed by atoms with van der Waals surface area (Å²) in [6.07, 6.45) is 5.73. The van der Waals surface area contributed by atoms with Crippen molar-refractivity contribution in [1.29, 1.82) is 0 Å². The van der Waals surface area contributed by atoms with E-state index in [0.717, 1.165) is 66.3 Å². The van der Waals surface area contributed by atoms with Gasteiger partial charge in [0.25, 0.3) is 0 Å². The van der Waals surface area contributed by atoms with Gasteiger partial charge in [0.1, 0.15) is 5.65 Å². The Balaban J connectivity index is 0.00000336. The van der Waals surface area contributed by atoms with Gasteiger partial charge in [-0.15, -0.1) is 24.3 Å². The number of aromatic nitrogens is 5. The average Bonchev–Trinajstić information content (AvgIpc) is 3.69. The molecule has 0 aliphatic carbocycles. The molecule has 7 heteroatoms. The Bertz CT molecular complexity index is 2650. The monoisotopic (exact) mass is 713 g/mol. The van der Waals surface area contributed by atoms with E-state index in [2.05, 4.69) is 90.5 Å². The third kappa shape index (κ3) is 4.86. The Labute approximate surface area is 291 Å². The first-order valence-corrected chi connectivity index (χ1v) is 15.7. The Morgan fingerprint density at radius 2 is 1.46 bits per heavy atom. The number of ether oxygens (including phenoxy) is 1. The quantitative estimate of drug-likeness (QED) is 0.104. The molecule has 0 spiro atoms. The van der Waals surface area contributed by atoms with Crippen molar-refractivity contribution in [2.75, 3.05) is 0 Å². The summed E-state index contributed by atoms with van der Waals surface area (Å²) in [6, 6.07) is 42.0. The Hall–Kier alpha value is -5.35. The molecule has 4 aromatic carbocycles. The van der Waals surface area contributed by atoms with Gasteiger partial charge in [-0.2, -0.15) is 6.07 Å². The molecule has 9 aromatic rings. The van der Waals surface area contributed by atoms with E-state index in [0.29, 0.717) is 11.5 Å². The fraction of sp³-hybridized carbons (Fsp3) is 0.0976. The van der Waals surface area contributed by atoms with Crippen LogP contribution in [0, 0.1) is 12.1 Å². The van der Waals surface area contributed by atoms with Gasteiger partial charge in [0, 0.05) is 46.4 Å². The number of hydrogen-bond acceptors (Lipinski definition) is 4. The molecule has 6 nitrogen and oxygen atoms in total. The van der Waals surface area contributed by atoms with Gasteiger partial charge < -0.3 is 13.7 Å². The van der Waals surface area contributed by atoms with Crippen LogP contribution in [0.4, 0.5) is 0 Å². The summed E-state index contributed by atoms with van der Waals surface area (Å²) in [7, 11) is 0. The van der Waals surface area contributed by atoms with Crippen molar-refractivity contribution in [2.45, 2.75) is 26.2 Å². The normalized spacial score (nSPS) is 11.9. The van der Waals surface area contributed by atoms with Crippen molar-refractivity contribution in [3.63, 3.8) is 0 Å². The van der Waals surface area contributed by atoms with Gasteiger partial charge in [-0.25, -0.2) is 4.98 Å². The van der Waals surface area contributed by atoms with Crippen molar-refractivity contribution in [2.24, 2.45) is 0 Å². The molecule has 0 fully saturated rings. The minimum Gasteiger partial charge on any atom is -0.503 e. The van der Waals surface area contributed by atoms with E-state index >= 15 is 0 Å². The van der Waals surface area contributed by atoms with Crippen LogP contribution in [0.3, 0.4) is 0 Å². The second kappa shape index (κ2) is 11.4. The molecule has 0 aliphatic heterocycles. The molecule has 0 radical (unpaired) electrons. The van der Waals surface area contributed by atoms with Crippen molar-refractivity contribution >= 4 is 49.4 Å². The van der Waals surface area contributed by atoms with Gasteiger partial charge in [-0.3, -0.25) is 9.97 Å². The Kier molecular flexibility index (Phi) is 7.14. The van der Waals surface area contributed by atoms with E-state index < -0.39 is 0 Å². The summed E-state index contributed by atoms with van der Waals surface area (Å²) in [4.78, 5) is 14.6. The second-order valence-electron chi connectivity index (χ2n) is 12.9. The van der Waals surface area contributed by atoms with Crippen LogP contribution in [-0.4, -0.2) is 23.9 Å². The Morgan fingerprint density at radius 1 is 0.667 bits per heavy atom. The number of fused-ring (bicyclic) bond motifs is 9. The topological polar surface area (TPSA) is 57.2 Å². The molecule has 48 heavy (non-hydrogen) atoms. The van der Waals surface area contributed by atoms with Crippen molar-refractivity contribution in [3.8, 4) is 28.4 Å². The SMILES string of the molecule is CC(C)(C)c1ccc2c3cccnc3n(-c3[c-]c(Oc4[c-]c5c(cc4)c4ncccc4n4cc(-c6ccccc6)nc54)ccc3)c2c1.[Pd+2]. The minimum atomic E-state index is 0. The first kappa shape index (κ1) is 30.0. The van der Waals surface area contributed by atoms with Crippen molar-refractivity contribution < 1.29 is 25.2 Å². The maximum atomic E-state index is 6.48. The summed E-state index contributed by atoms with van der Waals surface area (Å²) >= 11 is 0. The number of hydrogen-bond donors (Lipinski definition) is 0. The molecule has 0 amide bonds. The molecule has 0 saturated heterocycles. The summed E-state index contributed by atoms with van der Waals surface area (Å²) < 4.78 is 10.8.